The molecule has 0 saturated heterocycles. The minimum absolute atomic E-state index is 0.151. The molecule has 2 fully saturated rings. The van der Waals surface area contributed by atoms with Gasteiger partial charge in [0.15, 0.2) is 5.13 Å². The Kier molecular flexibility index (Phi) is 4.07. The number of aryl methyl sites for hydroxylation is 1. The molecule has 1 heterocycles. The Morgan fingerprint density at radius 1 is 1.16 bits per heavy atom. The maximum Gasteiger partial charge on any atom is 0.307 e. The van der Waals surface area contributed by atoms with Crippen LogP contribution in [0.2, 0.25) is 0 Å². The molecule has 0 spiro atoms. The quantitative estimate of drug-likeness (QED) is 0.873. The zero-order valence-corrected chi connectivity index (χ0v) is 14.8. The largest absolute Gasteiger partial charge is 0.481 e. The van der Waals surface area contributed by atoms with Gasteiger partial charge in [-0.1, -0.05) is 29.8 Å². The molecule has 2 saturated carbocycles. The molecule has 5 nitrogen and oxygen atoms in total. The Hall–Kier alpha value is -2.21. The number of fused-ring (bicyclic) bond motifs is 2. The third kappa shape index (κ3) is 2.95. The number of carbonyl (C=O) groups is 2. The highest BCUT2D eigenvalue weighted by Crippen LogP contribution is 2.52. The van der Waals surface area contributed by atoms with Crippen molar-refractivity contribution in [1.29, 1.82) is 0 Å². The van der Waals surface area contributed by atoms with E-state index in [9.17, 15) is 14.7 Å². The van der Waals surface area contributed by atoms with Crippen molar-refractivity contribution < 1.29 is 14.7 Å². The fourth-order valence-corrected chi connectivity index (χ4v) is 5.12. The first-order chi connectivity index (χ1) is 12.0. The highest BCUT2D eigenvalue weighted by Gasteiger charge is 2.54. The summed E-state index contributed by atoms with van der Waals surface area (Å²) in [5, 5.41) is 14.8. The number of carboxylic acid groups (broad SMARTS) is 1. The summed E-state index contributed by atoms with van der Waals surface area (Å²) >= 11 is 1.37. The molecule has 1 aromatic heterocycles. The van der Waals surface area contributed by atoms with Crippen LogP contribution in [-0.4, -0.2) is 22.0 Å². The molecule has 6 heteroatoms. The van der Waals surface area contributed by atoms with Gasteiger partial charge in [0.1, 0.15) is 0 Å². The number of amides is 1. The van der Waals surface area contributed by atoms with Gasteiger partial charge in [0.05, 0.1) is 17.5 Å². The SMILES string of the molecule is Cc1ccc(-c2csc(NC(=O)[C@@H]3[C@@H]4CC[C@@H](C4)[C@@H]3C(=O)O)n2)cc1. The number of carbonyl (C=O) groups excluding carboxylic acids is 1. The summed E-state index contributed by atoms with van der Waals surface area (Å²) in [6.07, 6.45) is 2.75. The van der Waals surface area contributed by atoms with E-state index in [1.165, 1.54) is 16.9 Å². The average Bonchev–Trinajstić information content (AvgIpc) is 3.30. The van der Waals surface area contributed by atoms with E-state index in [-0.39, 0.29) is 17.7 Å². The number of carboxylic acids is 1. The van der Waals surface area contributed by atoms with Crippen molar-refractivity contribution in [1.82, 2.24) is 4.98 Å². The first-order valence-corrected chi connectivity index (χ1v) is 9.47. The van der Waals surface area contributed by atoms with Gasteiger partial charge in [0.25, 0.3) is 0 Å². The van der Waals surface area contributed by atoms with Gasteiger partial charge in [-0.2, -0.15) is 0 Å². The minimum Gasteiger partial charge on any atom is -0.481 e. The smallest absolute Gasteiger partial charge is 0.307 e. The zero-order valence-electron chi connectivity index (χ0n) is 13.9. The molecule has 4 rings (SSSR count). The van der Waals surface area contributed by atoms with Gasteiger partial charge in [0.2, 0.25) is 5.91 Å². The zero-order chi connectivity index (χ0) is 17.6. The maximum absolute atomic E-state index is 12.7. The topological polar surface area (TPSA) is 79.3 Å². The van der Waals surface area contributed by atoms with Crippen LogP contribution in [0.5, 0.6) is 0 Å². The first kappa shape index (κ1) is 16.3. The third-order valence-electron chi connectivity index (χ3n) is 5.59. The van der Waals surface area contributed by atoms with E-state index in [0.717, 1.165) is 30.5 Å². The Labute approximate surface area is 150 Å². The number of benzene rings is 1. The molecule has 4 atom stereocenters. The van der Waals surface area contributed by atoms with Gasteiger partial charge in [0, 0.05) is 10.9 Å². The number of nitrogens with one attached hydrogen (secondary N) is 1. The van der Waals surface area contributed by atoms with Gasteiger partial charge in [-0.3, -0.25) is 9.59 Å². The Morgan fingerprint density at radius 3 is 2.52 bits per heavy atom. The van der Waals surface area contributed by atoms with Gasteiger partial charge in [-0.05, 0) is 38.0 Å². The summed E-state index contributed by atoms with van der Waals surface area (Å²) in [7, 11) is 0. The van der Waals surface area contributed by atoms with Crippen molar-refractivity contribution in [2.45, 2.75) is 26.2 Å². The van der Waals surface area contributed by atoms with E-state index in [1.54, 1.807) is 0 Å². The van der Waals surface area contributed by atoms with Crippen molar-refractivity contribution in [3.05, 3.63) is 35.2 Å². The van der Waals surface area contributed by atoms with Crippen molar-refractivity contribution in [2.75, 3.05) is 5.32 Å². The fourth-order valence-electron chi connectivity index (χ4n) is 4.40. The summed E-state index contributed by atoms with van der Waals surface area (Å²) in [4.78, 5) is 28.8. The van der Waals surface area contributed by atoms with Crippen LogP contribution >= 0.6 is 11.3 Å². The second-order valence-electron chi connectivity index (χ2n) is 7.12. The lowest BCUT2D eigenvalue weighted by molar-refractivity contribution is -0.148. The number of hydrogen-bond donors (Lipinski definition) is 2. The van der Waals surface area contributed by atoms with Gasteiger partial charge >= 0.3 is 5.97 Å². The van der Waals surface area contributed by atoms with E-state index in [2.05, 4.69) is 10.3 Å². The van der Waals surface area contributed by atoms with Crippen molar-refractivity contribution in [3.63, 3.8) is 0 Å². The summed E-state index contributed by atoms with van der Waals surface area (Å²) in [5.41, 5.74) is 3.01. The maximum atomic E-state index is 12.7. The third-order valence-corrected chi connectivity index (χ3v) is 6.34. The molecule has 1 amide bonds. The molecule has 130 valence electrons. The van der Waals surface area contributed by atoms with Gasteiger partial charge in [-0.25, -0.2) is 4.98 Å². The summed E-state index contributed by atoms with van der Waals surface area (Å²) in [6, 6.07) is 8.07. The molecular weight excluding hydrogens is 336 g/mol. The molecule has 0 aliphatic heterocycles. The second kappa shape index (κ2) is 6.26. The number of anilines is 1. The van der Waals surface area contributed by atoms with E-state index in [4.69, 9.17) is 0 Å². The van der Waals surface area contributed by atoms with Gasteiger partial charge < -0.3 is 10.4 Å². The highest BCUT2D eigenvalue weighted by molar-refractivity contribution is 7.14. The lowest BCUT2D eigenvalue weighted by Gasteiger charge is -2.26. The van der Waals surface area contributed by atoms with Gasteiger partial charge in [-0.15, -0.1) is 11.3 Å². The number of thiazole rings is 1. The van der Waals surface area contributed by atoms with Crippen LogP contribution in [0, 0.1) is 30.6 Å². The van der Waals surface area contributed by atoms with Crippen molar-refractivity contribution in [3.8, 4) is 11.3 Å². The predicted molar refractivity (Wildman–Crippen MR) is 96.4 cm³/mol. The predicted octanol–water partition coefficient (Wildman–Crippen LogP) is 3.80. The molecular formula is C19H20N2O3S. The van der Waals surface area contributed by atoms with Crippen LogP contribution in [0.1, 0.15) is 24.8 Å². The normalized spacial score (nSPS) is 27.4. The molecule has 2 aromatic rings. The molecule has 1 aromatic carbocycles. The Morgan fingerprint density at radius 2 is 1.84 bits per heavy atom. The molecule has 2 bridgehead atoms. The van der Waals surface area contributed by atoms with Crippen molar-refractivity contribution >= 4 is 28.3 Å². The molecule has 0 radical (unpaired) electrons. The lowest BCUT2D eigenvalue weighted by atomic mass is 9.79. The average molecular weight is 356 g/mol. The Balaban J connectivity index is 1.50. The number of hydrogen-bond acceptors (Lipinski definition) is 4. The standard InChI is InChI=1S/C19H20N2O3S/c1-10-2-4-11(5-3-10)14-9-25-19(20-14)21-17(22)15-12-6-7-13(8-12)16(15)18(23)24/h2-5,9,12-13,15-16H,6-8H2,1H3,(H,23,24)(H,20,21,22)/t12-,13+,15-,16+/m1/s1. The van der Waals surface area contributed by atoms with Crippen LogP contribution in [0.3, 0.4) is 0 Å². The van der Waals surface area contributed by atoms with E-state index < -0.39 is 17.8 Å². The van der Waals surface area contributed by atoms with Crippen LogP contribution < -0.4 is 5.32 Å². The number of rotatable bonds is 4. The number of aromatic nitrogens is 1. The van der Waals surface area contributed by atoms with Crippen LogP contribution in [-0.2, 0) is 9.59 Å². The van der Waals surface area contributed by atoms with Crippen molar-refractivity contribution in [2.24, 2.45) is 23.7 Å². The van der Waals surface area contributed by atoms with Crippen LogP contribution in [0.25, 0.3) is 11.3 Å². The first-order valence-electron chi connectivity index (χ1n) is 8.59. The number of nitrogens with zero attached hydrogens (tertiary/aromatic N) is 1. The molecule has 0 unspecified atom stereocenters. The van der Waals surface area contributed by atoms with E-state index >= 15 is 0 Å². The molecule has 2 aliphatic carbocycles. The molecule has 2 N–H and O–H groups in total. The van der Waals surface area contributed by atoms with Crippen LogP contribution in [0.4, 0.5) is 5.13 Å². The van der Waals surface area contributed by atoms with Crippen LogP contribution in [0.15, 0.2) is 29.6 Å². The second-order valence-corrected chi connectivity index (χ2v) is 7.97. The van der Waals surface area contributed by atoms with E-state index in [1.807, 2.05) is 36.6 Å². The fraction of sp³-hybridized carbons (Fsp3) is 0.421. The summed E-state index contributed by atoms with van der Waals surface area (Å²) in [6.45, 7) is 2.03. The summed E-state index contributed by atoms with van der Waals surface area (Å²) in [5.74, 6) is -1.66. The van der Waals surface area contributed by atoms with E-state index in [0.29, 0.717) is 5.13 Å². The lowest BCUT2D eigenvalue weighted by Crippen LogP contribution is -2.37. The minimum atomic E-state index is -0.841. The summed E-state index contributed by atoms with van der Waals surface area (Å²) < 4.78 is 0. The molecule has 25 heavy (non-hydrogen) atoms. The molecule has 2 aliphatic rings. The highest BCUT2D eigenvalue weighted by atomic mass is 32.1. The monoisotopic (exact) mass is 356 g/mol. The number of aliphatic carboxylic acids is 1. The Bertz CT molecular complexity index is 814.